The second-order valence-electron chi connectivity index (χ2n) is 6.59. The largest absolute Gasteiger partial charge is 0.340 e. The number of rotatable bonds is 4. The van der Waals surface area contributed by atoms with Gasteiger partial charge in [0.05, 0.1) is 23.2 Å². The molecule has 1 amide bonds. The Hall–Kier alpha value is -1.82. The van der Waals surface area contributed by atoms with Crippen molar-refractivity contribution in [2.45, 2.75) is 44.4 Å². The standard InChI is InChI=1S/C19H24FN3OS/c1-12-7-8-14(15(20)10-12)16-11-21-18(22-16)17-6-4-5-9-23(17)19(24)13(2)25-3/h7-8,10-11,13,17H,4-6,9H2,1-3H3,(H,21,22). The summed E-state index contributed by atoms with van der Waals surface area (Å²) in [5.74, 6) is 0.635. The van der Waals surface area contributed by atoms with E-state index in [1.54, 1.807) is 24.0 Å². The highest BCUT2D eigenvalue weighted by atomic mass is 32.2. The number of imidazole rings is 1. The summed E-state index contributed by atoms with van der Waals surface area (Å²) in [5, 5.41) is -0.0652. The Kier molecular flexibility index (Phi) is 5.47. The molecule has 134 valence electrons. The van der Waals surface area contributed by atoms with Crippen LogP contribution in [0.1, 0.15) is 43.6 Å². The number of aromatic nitrogens is 2. The van der Waals surface area contributed by atoms with Gasteiger partial charge in [0.2, 0.25) is 5.91 Å². The first-order valence-electron chi connectivity index (χ1n) is 8.66. The normalized spacial score (nSPS) is 19.0. The van der Waals surface area contributed by atoms with Crippen molar-refractivity contribution in [1.29, 1.82) is 0 Å². The first-order chi connectivity index (χ1) is 12.0. The molecule has 1 aromatic carbocycles. The molecule has 1 aliphatic heterocycles. The fourth-order valence-electron chi connectivity index (χ4n) is 3.30. The molecule has 1 aromatic heterocycles. The highest BCUT2D eigenvalue weighted by molar-refractivity contribution is 7.99. The Balaban J connectivity index is 1.88. The lowest BCUT2D eigenvalue weighted by Crippen LogP contribution is -2.42. The van der Waals surface area contributed by atoms with Crippen LogP contribution in [0.4, 0.5) is 4.39 Å². The Morgan fingerprint density at radius 2 is 2.24 bits per heavy atom. The van der Waals surface area contributed by atoms with Gasteiger partial charge in [0.15, 0.2) is 0 Å². The summed E-state index contributed by atoms with van der Waals surface area (Å²) in [4.78, 5) is 22.3. The fourth-order valence-corrected chi connectivity index (χ4v) is 3.63. The van der Waals surface area contributed by atoms with Gasteiger partial charge in [0.1, 0.15) is 11.6 Å². The second-order valence-corrected chi connectivity index (χ2v) is 7.77. The predicted molar refractivity (Wildman–Crippen MR) is 100 cm³/mol. The van der Waals surface area contributed by atoms with Gasteiger partial charge in [-0.15, -0.1) is 0 Å². The first-order valence-corrected chi connectivity index (χ1v) is 9.94. The summed E-state index contributed by atoms with van der Waals surface area (Å²) in [5.41, 5.74) is 2.05. The zero-order chi connectivity index (χ0) is 18.0. The molecule has 2 heterocycles. The van der Waals surface area contributed by atoms with Crippen LogP contribution >= 0.6 is 11.8 Å². The van der Waals surface area contributed by atoms with E-state index in [1.807, 2.05) is 31.1 Å². The maximum atomic E-state index is 14.2. The number of carbonyl (C=O) groups is 1. The highest BCUT2D eigenvalue weighted by Gasteiger charge is 2.32. The maximum Gasteiger partial charge on any atom is 0.236 e. The van der Waals surface area contributed by atoms with Gasteiger partial charge >= 0.3 is 0 Å². The Bertz CT molecular complexity index is 761. The van der Waals surface area contributed by atoms with Gasteiger partial charge in [-0.1, -0.05) is 6.07 Å². The molecule has 0 bridgehead atoms. The number of halogens is 1. The minimum absolute atomic E-state index is 0.0573. The number of likely N-dealkylation sites (tertiary alicyclic amines) is 1. The van der Waals surface area contributed by atoms with Crippen molar-refractivity contribution in [3.8, 4) is 11.3 Å². The van der Waals surface area contributed by atoms with Crippen LogP contribution in [0, 0.1) is 12.7 Å². The number of piperidine rings is 1. The summed E-state index contributed by atoms with van der Waals surface area (Å²) in [6.45, 7) is 4.56. The Labute approximate surface area is 152 Å². The summed E-state index contributed by atoms with van der Waals surface area (Å²) in [7, 11) is 0. The van der Waals surface area contributed by atoms with Crippen LogP contribution in [0.2, 0.25) is 0 Å². The number of aromatic amines is 1. The van der Waals surface area contributed by atoms with E-state index in [2.05, 4.69) is 9.97 Å². The summed E-state index contributed by atoms with van der Waals surface area (Å²) in [6, 6.07) is 5.11. The average Bonchev–Trinajstić information content (AvgIpc) is 3.10. The molecule has 0 aliphatic carbocycles. The number of H-pyrrole nitrogens is 1. The van der Waals surface area contributed by atoms with Crippen LogP contribution in [0.25, 0.3) is 11.3 Å². The van der Waals surface area contributed by atoms with Crippen molar-refractivity contribution < 1.29 is 9.18 Å². The number of hydrogen-bond donors (Lipinski definition) is 1. The molecule has 3 rings (SSSR count). The minimum atomic E-state index is -0.261. The predicted octanol–water partition coefficient (Wildman–Crippen LogP) is 4.33. The van der Waals surface area contributed by atoms with E-state index in [-0.39, 0.29) is 23.0 Å². The SMILES string of the molecule is CSC(C)C(=O)N1CCCCC1c1ncc(-c2ccc(C)cc2F)[nH]1. The van der Waals surface area contributed by atoms with E-state index in [9.17, 15) is 9.18 Å². The number of amides is 1. The number of hydrogen-bond acceptors (Lipinski definition) is 3. The first kappa shape index (κ1) is 18.0. The fraction of sp³-hybridized carbons (Fsp3) is 0.474. The van der Waals surface area contributed by atoms with Crippen molar-refractivity contribution >= 4 is 17.7 Å². The quantitative estimate of drug-likeness (QED) is 0.882. The number of thioether (sulfide) groups is 1. The van der Waals surface area contributed by atoms with Gasteiger partial charge in [-0.05, 0) is 57.1 Å². The molecule has 0 saturated carbocycles. The molecule has 2 unspecified atom stereocenters. The van der Waals surface area contributed by atoms with Crippen molar-refractivity contribution in [2.24, 2.45) is 0 Å². The molecule has 1 N–H and O–H groups in total. The van der Waals surface area contributed by atoms with E-state index in [1.165, 1.54) is 6.07 Å². The molecule has 0 radical (unpaired) electrons. The monoisotopic (exact) mass is 361 g/mol. The van der Waals surface area contributed by atoms with Gasteiger partial charge in [-0.25, -0.2) is 9.37 Å². The summed E-state index contributed by atoms with van der Waals surface area (Å²) in [6.07, 6.45) is 6.59. The molecule has 0 spiro atoms. The van der Waals surface area contributed by atoms with Crippen molar-refractivity contribution in [1.82, 2.24) is 14.9 Å². The van der Waals surface area contributed by atoms with E-state index in [4.69, 9.17) is 0 Å². The average molecular weight is 361 g/mol. The van der Waals surface area contributed by atoms with Gasteiger partial charge in [-0.2, -0.15) is 11.8 Å². The van der Waals surface area contributed by atoms with Crippen LogP contribution in [0.5, 0.6) is 0 Å². The number of nitrogens with zero attached hydrogens (tertiary/aromatic N) is 2. The number of aryl methyl sites for hydroxylation is 1. The van der Waals surface area contributed by atoms with Gasteiger partial charge < -0.3 is 9.88 Å². The molecule has 2 atom stereocenters. The zero-order valence-corrected chi connectivity index (χ0v) is 15.7. The maximum absolute atomic E-state index is 14.2. The molecule has 6 heteroatoms. The minimum Gasteiger partial charge on any atom is -0.340 e. The van der Waals surface area contributed by atoms with Crippen LogP contribution in [0.15, 0.2) is 24.4 Å². The van der Waals surface area contributed by atoms with Crippen LogP contribution in [-0.2, 0) is 4.79 Å². The van der Waals surface area contributed by atoms with Gasteiger partial charge in [-0.3, -0.25) is 4.79 Å². The number of benzene rings is 1. The number of carbonyl (C=O) groups excluding carboxylic acids is 1. The third-order valence-electron chi connectivity index (χ3n) is 4.81. The Morgan fingerprint density at radius 1 is 1.44 bits per heavy atom. The molecule has 2 aromatic rings. The third kappa shape index (κ3) is 3.73. The van der Waals surface area contributed by atoms with E-state index < -0.39 is 0 Å². The van der Waals surface area contributed by atoms with Gasteiger partial charge in [0.25, 0.3) is 0 Å². The molecule has 4 nitrogen and oxygen atoms in total. The molecule has 1 fully saturated rings. The van der Waals surface area contributed by atoms with Crippen molar-refractivity contribution in [2.75, 3.05) is 12.8 Å². The lowest BCUT2D eigenvalue weighted by Gasteiger charge is -2.36. The van der Waals surface area contributed by atoms with Crippen LogP contribution in [-0.4, -0.2) is 38.8 Å². The third-order valence-corrected chi connectivity index (χ3v) is 5.72. The Morgan fingerprint density at radius 3 is 2.96 bits per heavy atom. The highest BCUT2D eigenvalue weighted by Crippen LogP contribution is 2.32. The molecule has 25 heavy (non-hydrogen) atoms. The second kappa shape index (κ2) is 7.60. The lowest BCUT2D eigenvalue weighted by molar-refractivity contribution is -0.134. The van der Waals surface area contributed by atoms with Crippen LogP contribution in [0.3, 0.4) is 0 Å². The molecular weight excluding hydrogens is 337 g/mol. The topological polar surface area (TPSA) is 49.0 Å². The van der Waals surface area contributed by atoms with Crippen molar-refractivity contribution in [3.05, 3.63) is 41.6 Å². The van der Waals surface area contributed by atoms with E-state index in [0.29, 0.717) is 11.3 Å². The van der Waals surface area contributed by atoms with Gasteiger partial charge in [0, 0.05) is 12.1 Å². The molecule has 1 aliphatic rings. The summed E-state index contributed by atoms with van der Waals surface area (Å²) >= 11 is 1.56. The van der Waals surface area contributed by atoms with E-state index in [0.717, 1.165) is 37.2 Å². The smallest absolute Gasteiger partial charge is 0.236 e. The van der Waals surface area contributed by atoms with Crippen LogP contribution < -0.4 is 0 Å². The molecule has 1 saturated heterocycles. The van der Waals surface area contributed by atoms with E-state index >= 15 is 0 Å². The summed E-state index contributed by atoms with van der Waals surface area (Å²) < 4.78 is 14.2. The molecular formula is C19H24FN3OS. The van der Waals surface area contributed by atoms with Crippen molar-refractivity contribution in [3.63, 3.8) is 0 Å². The number of nitrogens with one attached hydrogen (secondary N) is 1. The lowest BCUT2D eigenvalue weighted by atomic mass is 10.0. The zero-order valence-electron chi connectivity index (χ0n) is 14.9.